The van der Waals surface area contributed by atoms with Gasteiger partial charge in [0.1, 0.15) is 10.6 Å². The Kier molecular flexibility index (Phi) is 3.19. The van der Waals surface area contributed by atoms with E-state index in [1.807, 2.05) is 39.0 Å². The van der Waals surface area contributed by atoms with Gasteiger partial charge in [-0.1, -0.05) is 36.9 Å². The molecular weight excluding hydrogens is 269 g/mol. The van der Waals surface area contributed by atoms with E-state index < -0.39 is 12.7 Å². The van der Waals surface area contributed by atoms with Crippen LogP contribution in [0.3, 0.4) is 0 Å². The van der Waals surface area contributed by atoms with Crippen molar-refractivity contribution in [3.63, 3.8) is 0 Å². The van der Waals surface area contributed by atoms with Crippen molar-refractivity contribution < 1.29 is 9.31 Å². The van der Waals surface area contributed by atoms with Gasteiger partial charge in [-0.15, -0.1) is 11.3 Å². The normalized spacial score (nSPS) is 17.4. The standard InChI is InChI=1S/C15H16BNO2S/c1-10-13(16-18-11(2)15(3,4)19-16)20-14(17-10)12-8-6-5-7-9-12/h5-9H,2H2,1,3-4H3. The van der Waals surface area contributed by atoms with E-state index >= 15 is 0 Å². The Labute approximate surface area is 123 Å². The fraction of sp³-hybridized carbons (Fsp3) is 0.267. The number of nitrogens with zero attached hydrogens (tertiary/aromatic N) is 1. The van der Waals surface area contributed by atoms with Gasteiger partial charge in [0.05, 0.1) is 16.2 Å². The van der Waals surface area contributed by atoms with E-state index in [4.69, 9.17) is 9.31 Å². The van der Waals surface area contributed by atoms with Crippen LogP contribution in [0.25, 0.3) is 10.6 Å². The topological polar surface area (TPSA) is 31.4 Å². The van der Waals surface area contributed by atoms with Crippen LogP contribution in [-0.4, -0.2) is 17.7 Å². The molecule has 1 aromatic carbocycles. The zero-order valence-electron chi connectivity index (χ0n) is 11.8. The third-order valence-corrected chi connectivity index (χ3v) is 4.62. The van der Waals surface area contributed by atoms with E-state index in [0.717, 1.165) is 21.0 Å². The largest absolute Gasteiger partial charge is 0.576 e. The maximum atomic E-state index is 5.93. The first-order chi connectivity index (χ1) is 9.47. The average Bonchev–Trinajstić information content (AvgIpc) is 2.92. The number of aryl methyl sites for hydroxylation is 1. The minimum atomic E-state index is -0.450. The molecule has 0 amide bonds. The van der Waals surface area contributed by atoms with Gasteiger partial charge in [0.2, 0.25) is 0 Å². The molecule has 1 fully saturated rings. The molecule has 0 saturated carbocycles. The molecule has 1 aliphatic rings. The molecular formula is C15H16BNO2S. The first kappa shape index (κ1) is 13.4. The number of hydrogen-bond donors (Lipinski definition) is 0. The molecule has 2 heterocycles. The van der Waals surface area contributed by atoms with Gasteiger partial charge in [-0.2, -0.15) is 0 Å². The maximum absolute atomic E-state index is 5.93. The van der Waals surface area contributed by atoms with Gasteiger partial charge in [-0.25, -0.2) is 4.98 Å². The third-order valence-electron chi connectivity index (χ3n) is 3.39. The first-order valence-electron chi connectivity index (χ1n) is 6.54. The van der Waals surface area contributed by atoms with Crippen LogP contribution in [0.15, 0.2) is 42.7 Å². The molecule has 0 unspecified atom stereocenters. The predicted octanol–water partition coefficient (Wildman–Crippen LogP) is 3.15. The van der Waals surface area contributed by atoms with Gasteiger partial charge in [-0.3, -0.25) is 0 Å². The molecule has 0 spiro atoms. The lowest BCUT2D eigenvalue weighted by molar-refractivity contribution is 0.173. The van der Waals surface area contributed by atoms with E-state index in [1.54, 1.807) is 11.3 Å². The summed E-state index contributed by atoms with van der Waals surface area (Å²) < 4.78 is 12.7. The second kappa shape index (κ2) is 4.75. The predicted molar refractivity (Wildman–Crippen MR) is 83.1 cm³/mol. The lowest BCUT2D eigenvalue weighted by Crippen LogP contribution is -2.34. The zero-order valence-corrected chi connectivity index (χ0v) is 12.7. The van der Waals surface area contributed by atoms with Crippen molar-refractivity contribution in [1.82, 2.24) is 4.98 Å². The average molecular weight is 285 g/mol. The summed E-state index contributed by atoms with van der Waals surface area (Å²) in [5.74, 6) is 0.663. The molecule has 0 bridgehead atoms. The van der Waals surface area contributed by atoms with E-state index in [0.29, 0.717) is 5.76 Å². The molecule has 1 aromatic heterocycles. The summed E-state index contributed by atoms with van der Waals surface area (Å²) in [5.41, 5.74) is 1.61. The van der Waals surface area contributed by atoms with Crippen LogP contribution in [0.2, 0.25) is 0 Å². The summed E-state index contributed by atoms with van der Waals surface area (Å²) in [6.45, 7) is 9.82. The molecule has 20 heavy (non-hydrogen) atoms. The molecule has 102 valence electrons. The molecule has 0 aliphatic carbocycles. The van der Waals surface area contributed by atoms with E-state index in [9.17, 15) is 0 Å². The fourth-order valence-corrected chi connectivity index (χ4v) is 3.10. The smallest absolute Gasteiger partial charge is 0.533 e. The molecule has 1 aliphatic heterocycles. The van der Waals surface area contributed by atoms with Gasteiger partial charge < -0.3 is 9.31 Å². The van der Waals surface area contributed by atoms with Gasteiger partial charge in [-0.05, 0) is 20.8 Å². The number of hydrogen-bond acceptors (Lipinski definition) is 4. The lowest BCUT2D eigenvalue weighted by Gasteiger charge is -2.15. The van der Waals surface area contributed by atoms with E-state index in [1.165, 1.54) is 0 Å². The van der Waals surface area contributed by atoms with Gasteiger partial charge in [0.15, 0.2) is 0 Å². The third kappa shape index (κ3) is 2.27. The molecule has 3 rings (SSSR count). The van der Waals surface area contributed by atoms with Crippen LogP contribution in [0, 0.1) is 6.92 Å². The SMILES string of the molecule is C=C1OB(c2sc(-c3ccccc3)nc2C)OC1(C)C. The fourth-order valence-electron chi connectivity index (χ4n) is 2.07. The van der Waals surface area contributed by atoms with Gasteiger partial charge in [0, 0.05) is 5.56 Å². The van der Waals surface area contributed by atoms with Crippen molar-refractivity contribution in [3.05, 3.63) is 48.4 Å². The molecule has 1 saturated heterocycles. The summed E-state index contributed by atoms with van der Waals surface area (Å²) in [4.78, 5) is 4.63. The van der Waals surface area contributed by atoms with Crippen molar-refractivity contribution in [2.45, 2.75) is 26.4 Å². The van der Waals surface area contributed by atoms with Crippen LogP contribution in [0.4, 0.5) is 0 Å². The van der Waals surface area contributed by atoms with Crippen LogP contribution in [-0.2, 0) is 9.31 Å². The van der Waals surface area contributed by atoms with Crippen LogP contribution >= 0.6 is 11.3 Å². The number of thiazole rings is 1. The highest BCUT2D eigenvalue weighted by Gasteiger charge is 2.44. The van der Waals surface area contributed by atoms with E-state index in [-0.39, 0.29) is 0 Å². The summed E-state index contributed by atoms with van der Waals surface area (Å²) in [6, 6.07) is 10.1. The van der Waals surface area contributed by atoms with Crippen molar-refractivity contribution in [2.75, 3.05) is 0 Å². The van der Waals surface area contributed by atoms with Crippen molar-refractivity contribution in [1.29, 1.82) is 0 Å². The molecule has 5 heteroatoms. The zero-order chi connectivity index (χ0) is 14.3. The Morgan fingerprint density at radius 3 is 2.55 bits per heavy atom. The summed E-state index contributed by atoms with van der Waals surface area (Å²) in [5, 5.41) is 0.987. The Morgan fingerprint density at radius 1 is 1.25 bits per heavy atom. The Morgan fingerprint density at radius 2 is 1.95 bits per heavy atom. The molecule has 0 radical (unpaired) electrons. The Hall–Kier alpha value is -1.59. The van der Waals surface area contributed by atoms with Crippen molar-refractivity contribution in [3.8, 4) is 10.6 Å². The molecule has 2 aromatic rings. The van der Waals surface area contributed by atoms with Crippen molar-refractivity contribution in [2.24, 2.45) is 0 Å². The summed E-state index contributed by atoms with van der Waals surface area (Å²) in [7, 11) is -0.396. The lowest BCUT2D eigenvalue weighted by atomic mass is 9.86. The Bertz CT molecular complexity index is 651. The van der Waals surface area contributed by atoms with Crippen molar-refractivity contribution >= 4 is 23.2 Å². The second-order valence-corrected chi connectivity index (χ2v) is 6.37. The minimum Gasteiger partial charge on any atom is -0.533 e. The number of rotatable bonds is 2. The monoisotopic (exact) mass is 285 g/mol. The van der Waals surface area contributed by atoms with Crippen LogP contribution in [0.5, 0.6) is 0 Å². The Balaban J connectivity index is 1.93. The number of benzene rings is 1. The highest BCUT2D eigenvalue weighted by Crippen LogP contribution is 2.31. The number of aromatic nitrogens is 1. The molecule has 0 N–H and O–H groups in total. The van der Waals surface area contributed by atoms with Crippen LogP contribution in [0.1, 0.15) is 19.5 Å². The van der Waals surface area contributed by atoms with E-state index in [2.05, 4.69) is 23.7 Å². The van der Waals surface area contributed by atoms with Gasteiger partial charge in [0.25, 0.3) is 0 Å². The highest BCUT2D eigenvalue weighted by molar-refractivity contribution is 7.25. The summed E-state index contributed by atoms with van der Waals surface area (Å²) >= 11 is 1.61. The van der Waals surface area contributed by atoms with Crippen LogP contribution < -0.4 is 4.78 Å². The second-order valence-electron chi connectivity index (χ2n) is 5.34. The first-order valence-corrected chi connectivity index (χ1v) is 7.35. The quantitative estimate of drug-likeness (QED) is 0.794. The van der Waals surface area contributed by atoms with Gasteiger partial charge >= 0.3 is 7.12 Å². The maximum Gasteiger partial charge on any atom is 0.576 e. The molecule has 0 atom stereocenters. The highest BCUT2D eigenvalue weighted by atomic mass is 32.1. The minimum absolute atomic E-state index is 0.396. The summed E-state index contributed by atoms with van der Waals surface area (Å²) in [6.07, 6.45) is 0. The molecule has 3 nitrogen and oxygen atoms in total.